The largest absolute Gasteiger partial charge is 0.463 e. The summed E-state index contributed by atoms with van der Waals surface area (Å²) in [7, 11) is 0. The molecule has 2 aromatic heterocycles. The van der Waals surface area contributed by atoms with Gasteiger partial charge in [0.05, 0.1) is 11.8 Å². The van der Waals surface area contributed by atoms with E-state index in [0.29, 0.717) is 0 Å². The number of carbonyl (C=O) groups excluding carboxylic acids is 1. The fourth-order valence-corrected chi connectivity index (χ4v) is 1.97. The molecule has 0 radical (unpaired) electrons. The molecule has 0 bridgehead atoms. The number of hydrogen-bond donors (Lipinski definition) is 1. The molecular formula is C14H20N2O3. The van der Waals surface area contributed by atoms with Crippen molar-refractivity contribution in [2.45, 2.75) is 40.0 Å². The Balaban J connectivity index is 2.12. The van der Waals surface area contributed by atoms with Crippen molar-refractivity contribution in [2.24, 2.45) is 11.7 Å². The zero-order valence-corrected chi connectivity index (χ0v) is 11.6. The number of ether oxygens (including phenoxy) is 1. The van der Waals surface area contributed by atoms with E-state index >= 15 is 0 Å². The van der Waals surface area contributed by atoms with Gasteiger partial charge in [-0.05, 0) is 12.3 Å². The molecular weight excluding hydrogens is 244 g/mol. The summed E-state index contributed by atoms with van der Waals surface area (Å²) in [6, 6.07) is 3.25. The van der Waals surface area contributed by atoms with E-state index in [9.17, 15) is 4.79 Å². The van der Waals surface area contributed by atoms with E-state index in [-0.39, 0.29) is 18.6 Å². The number of nitrogens with two attached hydrogens (primary N) is 1. The standard InChI is InChI=1S/C14H20N2O3/c1-4-10-7-12-11(5-6-18-12)16(10)8-19-14(17)13(15)9(2)3/h5-7,9,13H,4,8,15H2,1-3H3/t13-/m1/s1. The van der Waals surface area contributed by atoms with Crippen LogP contribution in [0.5, 0.6) is 0 Å². The van der Waals surface area contributed by atoms with Crippen LogP contribution >= 0.6 is 0 Å². The molecule has 5 heteroatoms. The minimum Gasteiger partial charge on any atom is -0.463 e. The van der Waals surface area contributed by atoms with Crippen LogP contribution in [0.3, 0.4) is 0 Å². The average molecular weight is 264 g/mol. The Morgan fingerprint density at radius 3 is 2.89 bits per heavy atom. The van der Waals surface area contributed by atoms with Crippen LogP contribution in [0.2, 0.25) is 0 Å². The second-order valence-corrected chi connectivity index (χ2v) is 4.95. The molecule has 0 saturated carbocycles. The molecule has 0 spiro atoms. The molecule has 0 aromatic carbocycles. The Hall–Kier alpha value is -1.75. The maximum Gasteiger partial charge on any atom is 0.324 e. The Kier molecular flexibility index (Phi) is 3.95. The predicted octanol–water partition coefficient (Wildman–Crippen LogP) is 2.28. The van der Waals surface area contributed by atoms with Crippen molar-refractivity contribution in [2.75, 3.05) is 0 Å². The lowest BCUT2D eigenvalue weighted by atomic mass is 10.1. The monoisotopic (exact) mass is 264 g/mol. The number of aryl methyl sites for hydroxylation is 1. The Morgan fingerprint density at radius 1 is 1.53 bits per heavy atom. The minimum atomic E-state index is -0.583. The highest BCUT2D eigenvalue weighted by molar-refractivity contribution is 5.77. The van der Waals surface area contributed by atoms with Gasteiger partial charge in [0, 0.05) is 17.8 Å². The Bertz CT molecular complexity index is 568. The van der Waals surface area contributed by atoms with Gasteiger partial charge in [-0.3, -0.25) is 4.79 Å². The van der Waals surface area contributed by atoms with Gasteiger partial charge in [-0.25, -0.2) is 0 Å². The van der Waals surface area contributed by atoms with Crippen LogP contribution in [0.15, 0.2) is 22.8 Å². The number of rotatable bonds is 5. The lowest BCUT2D eigenvalue weighted by Crippen LogP contribution is -2.37. The quantitative estimate of drug-likeness (QED) is 0.841. The van der Waals surface area contributed by atoms with E-state index in [0.717, 1.165) is 23.2 Å². The van der Waals surface area contributed by atoms with Crippen molar-refractivity contribution in [1.29, 1.82) is 0 Å². The SMILES string of the molecule is CCc1cc2occc2n1COC(=O)[C@H](N)C(C)C. The molecule has 0 aliphatic carbocycles. The van der Waals surface area contributed by atoms with E-state index in [4.69, 9.17) is 14.9 Å². The highest BCUT2D eigenvalue weighted by Gasteiger charge is 2.19. The summed E-state index contributed by atoms with van der Waals surface area (Å²) in [6.07, 6.45) is 2.47. The molecule has 2 rings (SSSR count). The maximum absolute atomic E-state index is 11.8. The average Bonchev–Trinajstić information content (AvgIpc) is 2.95. The highest BCUT2D eigenvalue weighted by Crippen LogP contribution is 2.21. The van der Waals surface area contributed by atoms with E-state index in [1.807, 2.05) is 37.5 Å². The number of nitrogens with zero attached hydrogens (tertiary/aromatic N) is 1. The molecule has 0 aliphatic heterocycles. The second-order valence-electron chi connectivity index (χ2n) is 4.95. The van der Waals surface area contributed by atoms with Crippen molar-refractivity contribution in [3.05, 3.63) is 24.1 Å². The predicted molar refractivity (Wildman–Crippen MR) is 72.5 cm³/mol. The maximum atomic E-state index is 11.8. The Labute approximate surface area is 112 Å². The van der Waals surface area contributed by atoms with Crippen LogP contribution in [-0.2, 0) is 22.7 Å². The van der Waals surface area contributed by atoms with Gasteiger partial charge < -0.3 is 19.5 Å². The molecule has 0 saturated heterocycles. The van der Waals surface area contributed by atoms with E-state index in [2.05, 4.69) is 0 Å². The fraction of sp³-hybridized carbons (Fsp3) is 0.500. The first-order valence-electron chi connectivity index (χ1n) is 6.52. The zero-order chi connectivity index (χ0) is 14.0. The minimum absolute atomic E-state index is 0.0664. The molecule has 0 unspecified atom stereocenters. The molecule has 2 heterocycles. The summed E-state index contributed by atoms with van der Waals surface area (Å²) in [5.74, 6) is -0.306. The zero-order valence-electron chi connectivity index (χ0n) is 11.6. The van der Waals surface area contributed by atoms with E-state index in [1.165, 1.54) is 0 Å². The van der Waals surface area contributed by atoms with Crippen molar-refractivity contribution in [1.82, 2.24) is 4.57 Å². The molecule has 0 fully saturated rings. The van der Waals surface area contributed by atoms with E-state index in [1.54, 1.807) is 6.26 Å². The first-order valence-corrected chi connectivity index (χ1v) is 6.52. The van der Waals surface area contributed by atoms with Gasteiger partial charge >= 0.3 is 5.97 Å². The Morgan fingerprint density at radius 2 is 2.26 bits per heavy atom. The van der Waals surface area contributed by atoms with Crippen LogP contribution in [0.1, 0.15) is 26.5 Å². The number of furan rings is 1. The third kappa shape index (κ3) is 2.66. The number of carbonyl (C=O) groups is 1. The van der Waals surface area contributed by atoms with Gasteiger partial charge in [-0.2, -0.15) is 0 Å². The number of fused-ring (bicyclic) bond motifs is 1. The molecule has 0 aliphatic rings. The first-order chi connectivity index (χ1) is 9.04. The van der Waals surface area contributed by atoms with Gasteiger partial charge in [0.2, 0.25) is 0 Å². The van der Waals surface area contributed by atoms with Crippen LogP contribution in [0, 0.1) is 5.92 Å². The normalized spacial score (nSPS) is 13.1. The van der Waals surface area contributed by atoms with Gasteiger partial charge in [0.1, 0.15) is 6.04 Å². The molecule has 5 nitrogen and oxygen atoms in total. The molecule has 0 amide bonds. The topological polar surface area (TPSA) is 70.4 Å². The summed E-state index contributed by atoms with van der Waals surface area (Å²) in [5.41, 5.74) is 8.57. The smallest absolute Gasteiger partial charge is 0.324 e. The van der Waals surface area contributed by atoms with Crippen molar-refractivity contribution >= 4 is 17.1 Å². The third-order valence-electron chi connectivity index (χ3n) is 3.30. The summed E-state index contributed by atoms with van der Waals surface area (Å²) < 4.78 is 12.6. The van der Waals surface area contributed by atoms with Crippen molar-refractivity contribution in [3.8, 4) is 0 Å². The summed E-state index contributed by atoms with van der Waals surface area (Å²) in [4.78, 5) is 11.8. The molecule has 19 heavy (non-hydrogen) atoms. The fourth-order valence-electron chi connectivity index (χ4n) is 1.97. The van der Waals surface area contributed by atoms with Crippen LogP contribution in [-0.4, -0.2) is 16.6 Å². The van der Waals surface area contributed by atoms with Crippen molar-refractivity contribution in [3.63, 3.8) is 0 Å². The van der Waals surface area contributed by atoms with Gasteiger partial charge in [0.15, 0.2) is 12.3 Å². The van der Waals surface area contributed by atoms with Gasteiger partial charge in [-0.15, -0.1) is 0 Å². The van der Waals surface area contributed by atoms with Crippen LogP contribution in [0.25, 0.3) is 11.1 Å². The van der Waals surface area contributed by atoms with Gasteiger partial charge in [-0.1, -0.05) is 20.8 Å². The molecule has 104 valence electrons. The van der Waals surface area contributed by atoms with E-state index < -0.39 is 6.04 Å². The van der Waals surface area contributed by atoms with Crippen molar-refractivity contribution < 1.29 is 13.9 Å². The third-order valence-corrected chi connectivity index (χ3v) is 3.30. The molecule has 2 N–H and O–H groups in total. The second kappa shape index (κ2) is 5.48. The summed E-state index contributed by atoms with van der Waals surface area (Å²) >= 11 is 0. The van der Waals surface area contributed by atoms with Crippen LogP contribution in [0.4, 0.5) is 0 Å². The number of aromatic nitrogens is 1. The highest BCUT2D eigenvalue weighted by atomic mass is 16.5. The number of esters is 1. The lowest BCUT2D eigenvalue weighted by Gasteiger charge is -2.16. The van der Waals surface area contributed by atoms with Gasteiger partial charge in [0.25, 0.3) is 0 Å². The van der Waals surface area contributed by atoms with Crippen LogP contribution < -0.4 is 5.73 Å². The molecule has 1 atom stereocenters. The molecule has 2 aromatic rings. The summed E-state index contributed by atoms with van der Waals surface area (Å²) in [6.45, 7) is 6.01. The lowest BCUT2D eigenvalue weighted by molar-refractivity contribution is -0.150. The first kappa shape index (κ1) is 13.7. The number of hydrogen-bond acceptors (Lipinski definition) is 4. The summed E-state index contributed by atoms with van der Waals surface area (Å²) in [5, 5.41) is 0.